The molecular formula is C12H18N2O. The molecule has 0 saturated heterocycles. The van der Waals surface area contributed by atoms with Gasteiger partial charge in [-0.05, 0) is 38.2 Å². The van der Waals surface area contributed by atoms with E-state index >= 15 is 0 Å². The van der Waals surface area contributed by atoms with Crippen LogP contribution in [-0.4, -0.2) is 12.5 Å². The Morgan fingerprint density at radius 3 is 3.07 bits per heavy atom. The number of nitrogens with one attached hydrogen (secondary N) is 2. The second-order valence-electron chi connectivity index (χ2n) is 4.14. The second kappa shape index (κ2) is 4.51. The summed E-state index contributed by atoms with van der Waals surface area (Å²) in [5, 5.41) is 6.11. The maximum atomic E-state index is 11.6. The number of rotatable bonds is 2. The highest BCUT2D eigenvalue weighted by molar-refractivity contribution is 5.94. The molecule has 82 valence electrons. The van der Waals surface area contributed by atoms with Gasteiger partial charge in [0.05, 0.1) is 0 Å². The first-order chi connectivity index (χ1) is 7.31. The van der Waals surface area contributed by atoms with Gasteiger partial charge < -0.3 is 10.6 Å². The first-order valence-corrected chi connectivity index (χ1v) is 5.76. The van der Waals surface area contributed by atoms with Gasteiger partial charge in [-0.3, -0.25) is 4.79 Å². The monoisotopic (exact) mass is 206 g/mol. The van der Waals surface area contributed by atoms with Gasteiger partial charge in [0.2, 0.25) is 5.91 Å². The number of likely N-dealkylation sites (N-methyl/N-ethyl adjacent to an activating group) is 1. The number of carbonyl (C=O) groups excluding carboxylic acids is 1. The van der Waals surface area contributed by atoms with E-state index in [2.05, 4.69) is 10.6 Å². The van der Waals surface area contributed by atoms with Crippen LogP contribution in [0.5, 0.6) is 0 Å². The van der Waals surface area contributed by atoms with Crippen molar-refractivity contribution >= 4 is 5.91 Å². The Morgan fingerprint density at radius 2 is 2.27 bits per heavy atom. The van der Waals surface area contributed by atoms with Crippen molar-refractivity contribution in [2.45, 2.75) is 39.0 Å². The molecule has 1 amide bonds. The zero-order valence-corrected chi connectivity index (χ0v) is 9.23. The van der Waals surface area contributed by atoms with Gasteiger partial charge in [-0.1, -0.05) is 0 Å². The first kappa shape index (κ1) is 10.3. The van der Waals surface area contributed by atoms with Crippen LogP contribution in [-0.2, 0) is 4.79 Å². The molecule has 3 heteroatoms. The molecule has 0 saturated carbocycles. The van der Waals surface area contributed by atoms with Gasteiger partial charge in [0, 0.05) is 30.4 Å². The standard InChI is InChI=1S/C12H18N2O/c1-2-13-12(15)10-7-9-5-3-4-6-11(9)14-8-10/h8,14H,2-7H2,1H3,(H,13,15). The molecule has 3 nitrogen and oxygen atoms in total. The number of allylic oxidation sites excluding steroid dienone is 2. The van der Waals surface area contributed by atoms with Gasteiger partial charge in [-0.25, -0.2) is 0 Å². The molecule has 15 heavy (non-hydrogen) atoms. The Bertz CT molecular complexity index is 329. The summed E-state index contributed by atoms with van der Waals surface area (Å²) in [6.45, 7) is 2.64. The lowest BCUT2D eigenvalue weighted by Crippen LogP contribution is -2.28. The fraction of sp³-hybridized carbons (Fsp3) is 0.583. The van der Waals surface area contributed by atoms with Crippen LogP contribution < -0.4 is 10.6 Å². The summed E-state index contributed by atoms with van der Waals surface area (Å²) in [5.74, 6) is 0.0714. The third kappa shape index (κ3) is 2.22. The fourth-order valence-corrected chi connectivity index (χ4v) is 2.21. The molecule has 0 fully saturated rings. The highest BCUT2D eigenvalue weighted by atomic mass is 16.1. The topological polar surface area (TPSA) is 41.1 Å². The number of carbonyl (C=O) groups is 1. The first-order valence-electron chi connectivity index (χ1n) is 5.76. The average Bonchev–Trinajstić information content (AvgIpc) is 2.29. The molecule has 2 aliphatic rings. The van der Waals surface area contributed by atoms with Crippen LogP contribution in [0.2, 0.25) is 0 Å². The lowest BCUT2D eigenvalue weighted by molar-refractivity contribution is -0.117. The van der Waals surface area contributed by atoms with E-state index in [1.165, 1.54) is 24.1 Å². The summed E-state index contributed by atoms with van der Waals surface area (Å²) in [4.78, 5) is 11.6. The summed E-state index contributed by atoms with van der Waals surface area (Å²) < 4.78 is 0. The van der Waals surface area contributed by atoms with E-state index in [-0.39, 0.29) is 5.91 Å². The van der Waals surface area contributed by atoms with Crippen LogP contribution in [0.4, 0.5) is 0 Å². The molecule has 1 aliphatic heterocycles. The summed E-state index contributed by atoms with van der Waals surface area (Å²) in [5.41, 5.74) is 3.66. The highest BCUT2D eigenvalue weighted by Gasteiger charge is 2.20. The summed E-state index contributed by atoms with van der Waals surface area (Å²) in [6.07, 6.45) is 7.55. The molecular weight excluding hydrogens is 188 g/mol. The van der Waals surface area contributed by atoms with Gasteiger partial charge >= 0.3 is 0 Å². The van der Waals surface area contributed by atoms with Crippen molar-refractivity contribution in [3.05, 3.63) is 23.0 Å². The summed E-state index contributed by atoms with van der Waals surface area (Å²) in [7, 11) is 0. The lowest BCUT2D eigenvalue weighted by Gasteiger charge is -2.25. The van der Waals surface area contributed by atoms with Gasteiger partial charge in [0.1, 0.15) is 0 Å². The summed E-state index contributed by atoms with van der Waals surface area (Å²) >= 11 is 0. The van der Waals surface area contributed by atoms with Crippen molar-refractivity contribution in [3.63, 3.8) is 0 Å². The molecule has 0 atom stereocenters. The van der Waals surface area contributed by atoms with Crippen LogP contribution in [0.15, 0.2) is 23.0 Å². The van der Waals surface area contributed by atoms with Crippen LogP contribution >= 0.6 is 0 Å². The Kier molecular flexibility index (Phi) is 3.09. The van der Waals surface area contributed by atoms with Crippen LogP contribution in [0, 0.1) is 0 Å². The Morgan fingerprint density at radius 1 is 1.47 bits per heavy atom. The minimum absolute atomic E-state index is 0.0714. The minimum Gasteiger partial charge on any atom is -0.365 e. The molecule has 1 aliphatic carbocycles. The molecule has 2 rings (SSSR count). The molecule has 0 bridgehead atoms. The Balaban J connectivity index is 2.02. The van der Waals surface area contributed by atoms with Crippen molar-refractivity contribution in [2.75, 3.05) is 6.54 Å². The molecule has 0 aromatic carbocycles. The van der Waals surface area contributed by atoms with Gasteiger partial charge in [-0.2, -0.15) is 0 Å². The molecule has 0 aromatic rings. The van der Waals surface area contributed by atoms with Gasteiger partial charge in [0.25, 0.3) is 0 Å². The van der Waals surface area contributed by atoms with Crippen molar-refractivity contribution in [1.29, 1.82) is 0 Å². The molecule has 2 N–H and O–H groups in total. The lowest BCUT2D eigenvalue weighted by atomic mass is 9.89. The molecule has 0 unspecified atom stereocenters. The third-order valence-electron chi connectivity index (χ3n) is 3.04. The maximum Gasteiger partial charge on any atom is 0.248 e. The maximum absolute atomic E-state index is 11.6. The Labute approximate surface area is 90.6 Å². The number of hydrogen-bond donors (Lipinski definition) is 2. The predicted molar refractivity (Wildman–Crippen MR) is 60.0 cm³/mol. The zero-order valence-electron chi connectivity index (χ0n) is 9.23. The minimum atomic E-state index is 0.0714. The quantitative estimate of drug-likeness (QED) is 0.723. The normalized spacial score (nSPS) is 20.2. The molecule has 0 spiro atoms. The number of amides is 1. The number of dihydropyridines is 1. The van der Waals surface area contributed by atoms with Crippen molar-refractivity contribution in [1.82, 2.24) is 10.6 Å². The molecule has 1 heterocycles. The van der Waals surface area contributed by atoms with E-state index < -0.39 is 0 Å². The van der Waals surface area contributed by atoms with Crippen LogP contribution in [0.25, 0.3) is 0 Å². The summed E-state index contributed by atoms with van der Waals surface area (Å²) in [6, 6.07) is 0. The van der Waals surface area contributed by atoms with Gasteiger partial charge in [-0.15, -0.1) is 0 Å². The third-order valence-corrected chi connectivity index (χ3v) is 3.04. The fourth-order valence-electron chi connectivity index (χ4n) is 2.21. The van der Waals surface area contributed by atoms with E-state index in [0.29, 0.717) is 6.54 Å². The van der Waals surface area contributed by atoms with Crippen molar-refractivity contribution in [3.8, 4) is 0 Å². The van der Waals surface area contributed by atoms with Crippen molar-refractivity contribution in [2.24, 2.45) is 0 Å². The molecule has 0 aromatic heterocycles. The SMILES string of the molecule is CCNC(=O)C1=CNC2=C(CCCC2)C1. The van der Waals surface area contributed by atoms with E-state index in [9.17, 15) is 4.79 Å². The average molecular weight is 206 g/mol. The highest BCUT2D eigenvalue weighted by Crippen LogP contribution is 2.30. The van der Waals surface area contributed by atoms with Crippen LogP contribution in [0.1, 0.15) is 39.0 Å². The zero-order chi connectivity index (χ0) is 10.7. The second-order valence-corrected chi connectivity index (χ2v) is 4.14. The smallest absolute Gasteiger partial charge is 0.248 e. The number of hydrogen-bond acceptors (Lipinski definition) is 2. The van der Waals surface area contributed by atoms with E-state index in [1.807, 2.05) is 13.1 Å². The van der Waals surface area contributed by atoms with E-state index in [0.717, 1.165) is 24.8 Å². The predicted octanol–water partition coefficient (Wildman–Crippen LogP) is 1.83. The van der Waals surface area contributed by atoms with E-state index in [4.69, 9.17) is 0 Å². The largest absolute Gasteiger partial charge is 0.365 e. The van der Waals surface area contributed by atoms with Crippen molar-refractivity contribution < 1.29 is 4.79 Å². The van der Waals surface area contributed by atoms with Crippen LogP contribution in [0.3, 0.4) is 0 Å². The van der Waals surface area contributed by atoms with Gasteiger partial charge in [0.15, 0.2) is 0 Å². The van der Waals surface area contributed by atoms with E-state index in [1.54, 1.807) is 0 Å². The Hall–Kier alpha value is -1.25. The molecule has 0 radical (unpaired) electrons.